The molecule has 1 heterocycles. The zero-order valence-electron chi connectivity index (χ0n) is 15.0. The van der Waals surface area contributed by atoms with Crippen LogP contribution in [0.4, 0.5) is 9.39 Å². The Balaban J connectivity index is 1.89. The summed E-state index contributed by atoms with van der Waals surface area (Å²) in [4.78, 5) is 24.7. The second-order valence-corrected chi connectivity index (χ2v) is 8.01. The summed E-state index contributed by atoms with van der Waals surface area (Å²) < 4.78 is 19.6. The van der Waals surface area contributed by atoms with E-state index in [9.17, 15) is 14.0 Å². The Morgan fingerprint density at radius 2 is 1.93 bits per heavy atom. The maximum absolute atomic E-state index is 13.8. The predicted molar refractivity (Wildman–Crippen MR) is 118 cm³/mol. The van der Waals surface area contributed by atoms with Gasteiger partial charge in [0.25, 0.3) is 0 Å². The van der Waals surface area contributed by atoms with Crippen molar-refractivity contribution in [2.24, 2.45) is 0 Å². The molecule has 0 aliphatic heterocycles. The van der Waals surface area contributed by atoms with E-state index in [1.54, 1.807) is 5.38 Å². The quantitative estimate of drug-likeness (QED) is 0.329. The summed E-state index contributed by atoms with van der Waals surface area (Å²) in [5.41, 5.74) is 1.81. The Kier molecular flexibility index (Phi) is 6.84. The van der Waals surface area contributed by atoms with E-state index in [1.165, 1.54) is 42.7 Å². The highest BCUT2D eigenvalue weighted by Crippen LogP contribution is 2.36. The number of anilines is 1. The van der Waals surface area contributed by atoms with E-state index in [0.717, 1.165) is 16.1 Å². The molecule has 0 fully saturated rings. The molecule has 2 aromatic carbocycles. The number of thiophene rings is 1. The Bertz CT molecular complexity index is 1080. The number of hydrogen-bond acceptors (Lipinski definition) is 4. The fraction of sp³-hybridized carbons (Fsp3) is 0.0476. The van der Waals surface area contributed by atoms with Gasteiger partial charge in [-0.2, -0.15) is 0 Å². The van der Waals surface area contributed by atoms with Gasteiger partial charge in [0.2, 0.25) is 5.91 Å². The molecule has 0 unspecified atom stereocenters. The molecule has 8 heteroatoms. The number of amides is 1. The molecule has 0 bridgehead atoms. The van der Waals surface area contributed by atoms with Crippen molar-refractivity contribution in [1.82, 2.24) is 0 Å². The van der Waals surface area contributed by atoms with Gasteiger partial charge in [0.15, 0.2) is 0 Å². The average Bonchev–Trinajstić information content (AvgIpc) is 3.11. The fourth-order valence-corrected chi connectivity index (χ4v) is 4.03. The second-order valence-electron chi connectivity index (χ2n) is 5.81. The summed E-state index contributed by atoms with van der Waals surface area (Å²) in [6.07, 6.45) is 2.44. The third-order valence-electron chi connectivity index (χ3n) is 3.97. The molecule has 0 saturated heterocycles. The van der Waals surface area contributed by atoms with Crippen molar-refractivity contribution in [3.63, 3.8) is 0 Å². The topological polar surface area (TPSA) is 55.4 Å². The molecule has 1 N–H and O–H groups in total. The summed E-state index contributed by atoms with van der Waals surface area (Å²) in [5, 5.41) is 4.95. The summed E-state index contributed by atoms with van der Waals surface area (Å²) >= 11 is 10.5. The number of carbonyl (C=O) groups excluding carboxylic acids is 2. The zero-order chi connectivity index (χ0) is 21.0. The first-order valence-electron chi connectivity index (χ1n) is 8.29. The van der Waals surface area contributed by atoms with Gasteiger partial charge >= 0.3 is 5.97 Å². The molecule has 0 aliphatic rings. The highest BCUT2D eigenvalue weighted by molar-refractivity contribution is 9.10. The minimum absolute atomic E-state index is 0.110. The lowest BCUT2D eigenvalue weighted by atomic mass is 10.0. The highest BCUT2D eigenvalue weighted by atomic mass is 79.9. The van der Waals surface area contributed by atoms with E-state index in [0.29, 0.717) is 10.6 Å². The van der Waals surface area contributed by atoms with Crippen molar-refractivity contribution in [2.45, 2.75) is 0 Å². The van der Waals surface area contributed by atoms with Crippen LogP contribution in [0.3, 0.4) is 0 Å². The summed E-state index contributed by atoms with van der Waals surface area (Å²) in [7, 11) is 1.27. The van der Waals surface area contributed by atoms with E-state index < -0.39 is 17.7 Å². The lowest BCUT2D eigenvalue weighted by molar-refractivity contribution is -0.111. The molecule has 0 atom stereocenters. The predicted octanol–water partition coefficient (Wildman–Crippen LogP) is 6.41. The van der Waals surface area contributed by atoms with E-state index >= 15 is 0 Å². The first-order valence-corrected chi connectivity index (χ1v) is 10.3. The van der Waals surface area contributed by atoms with Gasteiger partial charge in [-0.1, -0.05) is 45.7 Å². The smallest absolute Gasteiger partial charge is 0.341 e. The Morgan fingerprint density at radius 1 is 1.21 bits per heavy atom. The van der Waals surface area contributed by atoms with Gasteiger partial charge in [-0.3, -0.25) is 4.79 Å². The zero-order valence-corrected chi connectivity index (χ0v) is 18.2. The van der Waals surface area contributed by atoms with Gasteiger partial charge in [-0.25, -0.2) is 9.18 Å². The largest absolute Gasteiger partial charge is 0.465 e. The van der Waals surface area contributed by atoms with Crippen LogP contribution >= 0.6 is 38.9 Å². The van der Waals surface area contributed by atoms with Crippen molar-refractivity contribution in [2.75, 3.05) is 12.4 Å². The minimum atomic E-state index is -0.569. The van der Waals surface area contributed by atoms with E-state index in [2.05, 4.69) is 21.2 Å². The van der Waals surface area contributed by atoms with Crippen LogP contribution in [-0.2, 0) is 9.53 Å². The van der Waals surface area contributed by atoms with Crippen LogP contribution < -0.4 is 5.32 Å². The number of hydrogen-bond donors (Lipinski definition) is 1. The van der Waals surface area contributed by atoms with Crippen molar-refractivity contribution in [3.8, 4) is 11.1 Å². The molecule has 3 rings (SSSR count). The van der Waals surface area contributed by atoms with E-state index in [-0.39, 0.29) is 16.1 Å². The summed E-state index contributed by atoms with van der Waals surface area (Å²) in [6, 6.07) is 11.7. The Labute approximate surface area is 184 Å². The fourth-order valence-electron chi connectivity index (χ4n) is 2.58. The van der Waals surface area contributed by atoms with Gasteiger partial charge in [-0.05, 0) is 35.9 Å². The van der Waals surface area contributed by atoms with E-state index in [1.807, 2.05) is 24.3 Å². The molecule has 4 nitrogen and oxygen atoms in total. The van der Waals surface area contributed by atoms with E-state index in [4.69, 9.17) is 16.3 Å². The van der Waals surface area contributed by atoms with Gasteiger partial charge in [0.05, 0.1) is 12.1 Å². The SMILES string of the molecule is COC(=O)c1c(-c2ccc(Br)cc2)csc1NC(=O)/C=C/c1c(F)cccc1Cl. The van der Waals surface area contributed by atoms with Crippen molar-refractivity contribution >= 4 is 61.8 Å². The van der Waals surface area contributed by atoms with Crippen LogP contribution in [0.2, 0.25) is 5.02 Å². The summed E-state index contributed by atoms with van der Waals surface area (Å²) in [6.45, 7) is 0. The monoisotopic (exact) mass is 493 g/mol. The molecule has 1 aromatic heterocycles. The molecule has 3 aromatic rings. The maximum atomic E-state index is 13.8. The van der Waals surface area contributed by atoms with Gasteiger partial charge in [-0.15, -0.1) is 11.3 Å². The maximum Gasteiger partial charge on any atom is 0.341 e. The number of benzene rings is 2. The van der Waals surface area contributed by atoms with Gasteiger partial charge in [0, 0.05) is 27.1 Å². The number of ether oxygens (including phenoxy) is 1. The van der Waals surface area contributed by atoms with Crippen LogP contribution in [0.15, 0.2) is 58.4 Å². The Hall–Kier alpha value is -2.48. The van der Waals surface area contributed by atoms with Crippen LogP contribution in [0.25, 0.3) is 17.2 Å². The molecule has 0 spiro atoms. The molecule has 29 heavy (non-hydrogen) atoms. The number of halogens is 3. The number of methoxy groups -OCH3 is 1. The Morgan fingerprint density at radius 3 is 2.59 bits per heavy atom. The van der Waals surface area contributed by atoms with Crippen LogP contribution in [0.5, 0.6) is 0 Å². The van der Waals surface area contributed by atoms with Gasteiger partial charge < -0.3 is 10.1 Å². The molecule has 148 valence electrons. The van der Waals surface area contributed by atoms with Crippen LogP contribution in [0, 0.1) is 5.82 Å². The van der Waals surface area contributed by atoms with Crippen molar-refractivity contribution < 1.29 is 18.7 Å². The molecule has 0 saturated carbocycles. The van der Waals surface area contributed by atoms with Crippen LogP contribution in [0.1, 0.15) is 15.9 Å². The van der Waals surface area contributed by atoms with Gasteiger partial charge in [0.1, 0.15) is 16.4 Å². The minimum Gasteiger partial charge on any atom is -0.465 e. The third kappa shape index (κ3) is 4.93. The number of rotatable bonds is 5. The van der Waals surface area contributed by atoms with Crippen LogP contribution in [-0.4, -0.2) is 19.0 Å². The average molecular weight is 495 g/mol. The number of nitrogens with one attached hydrogen (secondary N) is 1. The second kappa shape index (κ2) is 9.35. The molecule has 0 aliphatic carbocycles. The first-order chi connectivity index (χ1) is 13.9. The molecular weight excluding hydrogens is 481 g/mol. The molecule has 1 amide bonds. The highest BCUT2D eigenvalue weighted by Gasteiger charge is 2.22. The standard InChI is InChI=1S/C21H14BrClFNO3S/c1-28-21(27)19-15(12-5-7-13(22)8-6-12)11-29-20(19)25-18(26)10-9-14-16(23)3-2-4-17(14)24/h2-11H,1H3,(H,25,26)/b10-9+. The lowest BCUT2D eigenvalue weighted by Gasteiger charge is -2.07. The van der Waals surface area contributed by atoms with Crippen molar-refractivity contribution in [1.29, 1.82) is 0 Å². The number of esters is 1. The molecule has 0 radical (unpaired) electrons. The lowest BCUT2D eigenvalue weighted by Crippen LogP contribution is -2.11. The molecular formula is C21H14BrClFNO3S. The number of carbonyl (C=O) groups is 2. The summed E-state index contributed by atoms with van der Waals surface area (Å²) in [5.74, 6) is -1.63. The normalized spacial score (nSPS) is 10.9. The first kappa shape index (κ1) is 21.2. The van der Waals surface area contributed by atoms with Crippen molar-refractivity contribution in [3.05, 3.63) is 80.4 Å². The third-order valence-corrected chi connectivity index (χ3v) is 5.73.